The van der Waals surface area contributed by atoms with Gasteiger partial charge in [-0.2, -0.15) is 0 Å². The molecule has 0 saturated carbocycles. The SMILES string of the molecule is c1ccc(N(c2ccccc2)c2ccc3c(c2)Oc2cccc4c2B3c2cccc3c5c(c6c7cccc8c7n(c6c6c7cccc9c7n(c56)-c5cccc6c5B9c5ccc(N(c7ccccc7)c7ccccc7)cc5O6)-c5cccc6c5B8c5ccc(N(c7ccccc7)c7ccccc7)cc5O6)n-4c23)cc1. The summed E-state index contributed by atoms with van der Waals surface area (Å²) in [5.41, 5.74) is 30.5. The molecule has 19 aromatic rings. The number of nitrogens with zero attached hydrogens (tertiary/aromatic N) is 6. The Balaban J connectivity index is 0.778. The van der Waals surface area contributed by atoms with Crippen molar-refractivity contribution < 1.29 is 14.2 Å². The highest BCUT2D eigenvalue weighted by Crippen LogP contribution is 2.53. The van der Waals surface area contributed by atoms with Crippen LogP contribution >= 0.6 is 0 Å². The molecule has 0 amide bonds. The quantitative estimate of drug-likeness (QED) is 0.134. The lowest BCUT2D eigenvalue weighted by Gasteiger charge is -2.34. The van der Waals surface area contributed by atoms with E-state index in [4.69, 9.17) is 14.2 Å². The van der Waals surface area contributed by atoms with E-state index in [0.29, 0.717) is 0 Å². The molecule has 0 bridgehead atoms. The summed E-state index contributed by atoms with van der Waals surface area (Å²) in [5.74, 6) is 5.10. The van der Waals surface area contributed by atoms with Gasteiger partial charge in [0.2, 0.25) is 0 Å². The zero-order chi connectivity index (χ0) is 70.1. The van der Waals surface area contributed by atoms with Crippen LogP contribution in [0.15, 0.2) is 346 Å². The molecule has 108 heavy (non-hydrogen) atoms. The lowest BCUT2D eigenvalue weighted by Crippen LogP contribution is -2.58. The van der Waals surface area contributed by atoms with Gasteiger partial charge in [0.05, 0.1) is 16.6 Å². The number of anilines is 9. The van der Waals surface area contributed by atoms with E-state index in [-0.39, 0.29) is 20.1 Å². The Labute approximate surface area is 622 Å². The molecule has 0 unspecified atom stereocenters. The molecule has 16 aromatic carbocycles. The molecular formula is C96H57B3N6O3. The second-order valence-electron chi connectivity index (χ2n) is 29.3. The summed E-state index contributed by atoms with van der Waals surface area (Å²) in [6.45, 7) is -0.454. The van der Waals surface area contributed by atoms with Crippen LogP contribution in [0.2, 0.25) is 0 Å². The number of hydrogen-bond donors (Lipinski definition) is 0. The van der Waals surface area contributed by atoms with E-state index < -0.39 is 0 Å². The van der Waals surface area contributed by atoms with Gasteiger partial charge < -0.3 is 42.6 Å². The van der Waals surface area contributed by atoms with Crippen LogP contribution in [-0.4, -0.2) is 33.8 Å². The minimum atomic E-state index is -0.151. The lowest BCUT2D eigenvalue weighted by atomic mass is 9.34. The Morgan fingerprint density at radius 1 is 0.194 bits per heavy atom. The van der Waals surface area contributed by atoms with E-state index in [1.807, 2.05) is 0 Å². The summed E-state index contributed by atoms with van der Waals surface area (Å²) in [4.78, 5) is 6.97. The fraction of sp³-hybridized carbons (Fsp3) is 0. The van der Waals surface area contributed by atoms with Gasteiger partial charge in [0, 0.05) is 135 Å². The third-order valence-corrected chi connectivity index (χ3v) is 23.9. The predicted molar refractivity (Wildman–Crippen MR) is 447 cm³/mol. The highest BCUT2D eigenvalue weighted by molar-refractivity contribution is 7.01. The van der Waals surface area contributed by atoms with Gasteiger partial charge in [-0.3, -0.25) is 0 Å². The molecule has 3 aromatic heterocycles. The van der Waals surface area contributed by atoms with Crippen LogP contribution in [0.5, 0.6) is 34.5 Å². The number of hydrogen-bond acceptors (Lipinski definition) is 6. The van der Waals surface area contributed by atoms with Crippen molar-refractivity contribution in [1.82, 2.24) is 13.7 Å². The third-order valence-electron chi connectivity index (χ3n) is 23.9. The molecule has 0 aliphatic carbocycles. The number of benzene rings is 16. The van der Waals surface area contributed by atoms with Gasteiger partial charge >= 0.3 is 0 Å². The molecule has 25 rings (SSSR count). The Bertz CT molecular complexity index is 6310. The summed E-state index contributed by atoms with van der Waals surface area (Å²) in [5, 5.41) is 7.19. The summed E-state index contributed by atoms with van der Waals surface area (Å²) in [6, 6.07) is 126. The molecule has 498 valence electrons. The molecule has 0 radical (unpaired) electrons. The first-order chi connectivity index (χ1) is 53.6. The summed E-state index contributed by atoms with van der Waals surface area (Å²) >= 11 is 0. The molecule has 0 fully saturated rings. The van der Waals surface area contributed by atoms with Crippen molar-refractivity contribution in [2.75, 3.05) is 14.7 Å². The smallest absolute Gasteiger partial charge is 0.256 e. The number of fused-ring (bicyclic) bond motifs is 24. The average molecular weight is 1370 g/mol. The van der Waals surface area contributed by atoms with E-state index in [1.54, 1.807) is 0 Å². The second kappa shape index (κ2) is 21.8. The largest absolute Gasteiger partial charge is 0.458 e. The van der Waals surface area contributed by atoms with Crippen molar-refractivity contribution in [3.05, 3.63) is 346 Å². The van der Waals surface area contributed by atoms with E-state index in [0.717, 1.165) is 152 Å². The number of para-hydroxylation sites is 9. The highest BCUT2D eigenvalue weighted by atomic mass is 16.5. The Morgan fingerprint density at radius 3 is 0.704 bits per heavy atom. The molecule has 0 atom stereocenters. The minimum absolute atomic E-state index is 0.151. The molecule has 9 heterocycles. The zero-order valence-electron chi connectivity index (χ0n) is 58.0. The Hall–Kier alpha value is -14.1. The van der Waals surface area contributed by atoms with Crippen LogP contribution in [0.4, 0.5) is 51.2 Å². The van der Waals surface area contributed by atoms with Crippen molar-refractivity contribution in [2.45, 2.75) is 0 Å². The Kier molecular flexibility index (Phi) is 11.8. The van der Waals surface area contributed by atoms with E-state index in [1.165, 1.54) is 65.3 Å². The first-order valence-electron chi connectivity index (χ1n) is 37.2. The normalized spacial score (nSPS) is 13.2. The van der Waals surface area contributed by atoms with Crippen LogP contribution in [0.25, 0.3) is 82.5 Å². The van der Waals surface area contributed by atoms with Crippen molar-refractivity contribution >= 4 is 186 Å². The van der Waals surface area contributed by atoms with E-state index >= 15 is 0 Å². The van der Waals surface area contributed by atoms with E-state index in [2.05, 4.69) is 374 Å². The van der Waals surface area contributed by atoms with Crippen LogP contribution in [0.3, 0.4) is 0 Å². The van der Waals surface area contributed by atoms with Gasteiger partial charge in [0.25, 0.3) is 20.1 Å². The summed E-state index contributed by atoms with van der Waals surface area (Å²) < 4.78 is 30.2. The van der Waals surface area contributed by atoms with Gasteiger partial charge in [0.15, 0.2) is 0 Å². The fourth-order valence-corrected chi connectivity index (χ4v) is 19.8. The number of rotatable bonds is 9. The number of aromatic nitrogens is 3. The third kappa shape index (κ3) is 7.76. The van der Waals surface area contributed by atoms with Gasteiger partial charge in [-0.15, -0.1) is 0 Å². The van der Waals surface area contributed by atoms with Gasteiger partial charge in [-0.05, 0) is 177 Å². The van der Waals surface area contributed by atoms with Crippen molar-refractivity contribution in [3.8, 4) is 51.6 Å². The predicted octanol–water partition coefficient (Wildman–Crippen LogP) is 18.2. The van der Waals surface area contributed by atoms with Crippen LogP contribution in [0.1, 0.15) is 0 Å². The standard InChI is InChI=1S/C96H57B3N6O3/c1-7-25-58(26-8-1)100(59-27-9-2-10-28-59)64-49-52-70-82(55-64)106-79-46-22-43-76-88(79)97(70)73-40-19-37-67-85-94(103(76)91(67)73)86-68-38-20-41-74-92(68)105(78-45-24-48-81-90(78)98(74)71-53-50-65(56-83(71)108-81)101(60-29-11-3-12-30-60)61-31-13-4-14-32-61)96(86)87-69-39-21-42-75-93(69)104(95(85)87)77-44-23-47-80-89(77)99(75)72-54-51-66(57-84(72)107-80)102(62-33-15-5-16-34-62)63-35-17-6-18-36-63/h1-57H. The fourth-order valence-electron chi connectivity index (χ4n) is 19.8. The molecule has 9 nitrogen and oxygen atoms in total. The van der Waals surface area contributed by atoms with Crippen molar-refractivity contribution in [1.29, 1.82) is 0 Å². The Morgan fingerprint density at radius 2 is 0.444 bits per heavy atom. The van der Waals surface area contributed by atoms with Crippen molar-refractivity contribution in [2.24, 2.45) is 0 Å². The zero-order valence-corrected chi connectivity index (χ0v) is 58.0. The molecule has 0 N–H and O–H groups in total. The van der Waals surface area contributed by atoms with Crippen molar-refractivity contribution in [3.63, 3.8) is 0 Å². The monoisotopic (exact) mass is 1370 g/mol. The minimum Gasteiger partial charge on any atom is -0.458 e. The highest BCUT2D eigenvalue weighted by Gasteiger charge is 2.47. The second-order valence-corrected chi connectivity index (χ2v) is 29.3. The summed E-state index contributed by atoms with van der Waals surface area (Å²) in [7, 11) is 0. The lowest BCUT2D eigenvalue weighted by molar-refractivity contribution is 0.487. The first kappa shape index (κ1) is 58.3. The first-order valence-corrected chi connectivity index (χ1v) is 37.2. The molecule has 0 spiro atoms. The average Bonchev–Trinajstić information content (AvgIpc) is 1.48. The number of ether oxygens (including phenoxy) is 3. The molecule has 6 aliphatic heterocycles. The van der Waals surface area contributed by atoms with Gasteiger partial charge in [-0.25, -0.2) is 0 Å². The van der Waals surface area contributed by atoms with Gasteiger partial charge in [-0.1, -0.05) is 200 Å². The maximum atomic E-state index is 7.41. The molecule has 0 saturated heterocycles. The molecule has 12 heteroatoms. The van der Waals surface area contributed by atoms with E-state index in [9.17, 15) is 0 Å². The van der Waals surface area contributed by atoms with Gasteiger partial charge in [0.1, 0.15) is 34.5 Å². The molecule has 6 aliphatic rings. The maximum Gasteiger partial charge on any atom is 0.256 e. The topological polar surface area (TPSA) is 52.2 Å². The van der Waals surface area contributed by atoms with Crippen LogP contribution in [-0.2, 0) is 0 Å². The van der Waals surface area contributed by atoms with Crippen LogP contribution < -0.4 is 78.1 Å². The maximum absolute atomic E-state index is 7.41. The molecular weight excluding hydrogens is 1320 g/mol. The summed E-state index contributed by atoms with van der Waals surface area (Å²) in [6.07, 6.45) is 0. The van der Waals surface area contributed by atoms with Crippen LogP contribution in [0, 0.1) is 0 Å².